The molecule has 0 radical (unpaired) electrons. The van der Waals surface area contributed by atoms with Crippen LogP contribution in [0.4, 0.5) is 18.9 Å². The van der Waals surface area contributed by atoms with Crippen LogP contribution >= 0.6 is 0 Å². The molecule has 0 saturated heterocycles. The molecule has 0 aliphatic rings. The van der Waals surface area contributed by atoms with Crippen molar-refractivity contribution in [1.82, 2.24) is 5.16 Å². The largest absolute Gasteiger partial charge is 0.416 e. The van der Waals surface area contributed by atoms with Crippen molar-refractivity contribution in [2.24, 2.45) is 0 Å². The van der Waals surface area contributed by atoms with Crippen molar-refractivity contribution in [3.63, 3.8) is 0 Å². The van der Waals surface area contributed by atoms with Crippen LogP contribution in [0, 0.1) is 0 Å². The zero-order valence-corrected chi connectivity index (χ0v) is 8.66. The predicted octanol–water partition coefficient (Wildman–Crippen LogP) is 3.31. The quantitative estimate of drug-likeness (QED) is 0.897. The molecule has 1 aromatic heterocycles. The van der Waals surface area contributed by atoms with E-state index in [0.717, 1.165) is 12.1 Å². The smallest absolute Gasteiger partial charge is 0.378 e. The molecule has 1 N–H and O–H groups in total. The Hall–Kier alpha value is -1.98. The van der Waals surface area contributed by atoms with E-state index in [0.29, 0.717) is 18.0 Å². The molecule has 0 amide bonds. The lowest BCUT2D eigenvalue weighted by Crippen LogP contribution is -2.05. The van der Waals surface area contributed by atoms with E-state index < -0.39 is 11.7 Å². The van der Waals surface area contributed by atoms with E-state index in [2.05, 4.69) is 10.5 Å². The summed E-state index contributed by atoms with van der Waals surface area (Å²) in [5, 5.41) is 6.44. The summed E-state index contributed by atoms with van der Waals surface area (Å²) in [4.78, 5) is 0. The number of rotatable bonds is 3. The van der Waals surface area contributed by atoms with Gasteiger partial charge in [-0.25, -0.2) is 0 Å². The van der Waals surface area contributed by atoms with E-state index in [9.17, 15) is 13.2 Å². The van der Waals surface area contributed by atoms with Gasteiger partial charge in [0.2, 0.25) is 0 Å². The van der Waals surface area contributed by atoms with E-state index in [1.807, 2.05) is 0 Å². The predicted molar refractivity (Wildman–Crippen MR) is 55.3 cm³/mol. The van der Waals surface area contributed by atoms with Crippen molar-refractivity contribution in [1.29, 1.82) is 0 Å². The molecule has 0 aliphatic carbocycles. The van der Waals surface area contributed by atoms with Crippen molar-refractivity contribution >= 4 is 5.69 Å². The summed E-state index contributed by atoms with van der Waals surface area (Å²) in [6.45, 7) is 0.380. The van der Waals surface area contributed by atoms with Gasteiger partial charge in [0.25, 0.3) is 0 Å². The first-order valence-corrected chi connectivity index (χ1v) is 4.86. The topological polar surface area (TPSA) is 38.1 Å². The highest BCUT2D eigenvalue weighted by Crippen LogP contribution is 2.29. The number of aromatic nitrogens is 1. The molecule has 90 valence electrons. The second-order valence-corrected chi connectivity index (χ2v) is 3.41. The molecule has 0 spiro atoms. The summed E-state index contributed by atoms with van der Waals surface area (Å²) in [7, 11) is 0. The Kier molecular flexibility index (Phi) is 3.03. The number of halogens is 3. The molecule has 17 heavy (non-hydrogen) atoms. The summed E-state index contributed by atoms with van der Waals surface area (Å²) in [6.07, 6.45) is -2.80. The van der Waals surface area contributed by atoms with Crippen molar-refractivity contribution in [2.45, 2.75) is 12.7 Å². The van der Waals surface area contributed by atoms with E-state index >= 15 is 0 Å². The number of nitrogens with one attached hydrogen (secondary N) is 1. The fraction of sp³-hybridized carbons (Fsp3) is 0.182. The second kappa shape index (κ2) is 4.48. The van der Waals surface area contributed by atoms with Crippen LogP contribution in [0.3, 0.4) is 0 Å². The van der Waals surface area contributed by atoms with Crippen LogP contribution in [-0.2, 0) is 12.7 Å². The molecule has 0 atom stereocenters. The Morgan fingerprint density at radius 1 is 1.12 bits per heavy atom. The maximum absolute atomic E-state index is 12.3. The summed E-state index contributed by atoms with van der Waals surface area (Å²) in [6, 6.07) is 6.49. The molecular weight excluding hydrogens is 233 g/mol. The highest BCUT2D eigenvalue weighted by atomic mass is 19.4. The fourth-order valence-electron chi connectivity index (χ4n) is 1.30. The Morgan fingerprint density at radius 3 is 2.35 bits per heavy atom. The van der Waals surface area contributed by atoms with Gasteiger partial charge in [0, 0.05) is 11.8 Å². The van der Waals surface area contributed by atoms with Gasteiger partial charge in [-0.15, -0.1) is 0 Å². The molecule has 0 fully saturated rings. The first kappa shape index (κ1) is 11.5. The fourth-order valence-corrected chi connectivity index (χ4v) is 1.30. The van der Waals surface area contributed by atoms with Crippen LogP contribution < -0.4 is 5.32 Å². The Labute approximate surface area is 95.2 Å². The minimum Gasteiger partial charge on any atom is -0.378 e. The Morgan fingerprint density at radius 2 is 1.82 bits per heavy atom. The minimum atomic E-state index is -4.30. The number of alkyl halides is 3. The summed E-state index contributed by atoms with van der Waals surface area (Å²) in [5.74, 6) is 0.616. The summed E-state index contributed by atoms with van der Waals surface area (Å²) < 4.78 is 41.7. The zero-order chi connectivity index (χ0) is 12.3. The molecule has 6 heteroatoms. The highest BCUT2D eigenvalue weighted by Gasteiger charge is 2.29. The van der Waals surface area contributed by atoms with Crippen LogP contribution in [0.5, 0.6) is 0 Å². The average Bonchev–Trinajstić information content (AvgIpc) is 2.78. The molecule has 0 unspecified atom stereocenters. The molecule has 0 aliphatic heterocycles. The normalized spacial score (nSPS) is 11.5. The molecule has 1 aromatic carbocycles. The monoisotopic (exact) mass is 242 g/mol. The van der Waals surface area contributed by atoms with Crippen molar-refractivity contribution < 1.29 is 17.7 Å². The zero-order valence-electron chi connectivity index (χ0n) is 8.66. The van der Waals surface area contributed by atoms with Gasteiger partial charge in [-0.2, -0.15) is 13.2 Å². The molecule has 0 saturated carbocycles. The Bertz CT molecular complexity index is 462. The van der Waals surface area contributed by atoms with Crippen LogP contribution in [0.15, 0.2) is 41.1 Å². The Balaban J connectivity index is 1.99. The van der Waals surface area contributed by atoms with Gasteiger partial charge in [-0.05, 0) is 24.3 Å². The third-order valence-corrected chi connectivity index (χ3v) is 2.17. The van der Waals surface area contributed by atoms with Crippen molar-refractivity contribution in [3.8, 4) is 0 Å². The molecule has 0 bridgehead atoms. The summed E-state index contributed by atoms with van der Waals surface area (Å²) >= 11 is 0. The van der Waals surface area contributed by atoms with E-state index in [-0.39, 0.29) is 0 Å². The molecule has 1 heterocycles. The number of hydrogen-bond acceptors (Lipinski definition) is 3. The maximum atomic E-state index is 12.3. The first-order valence-electron chi connectivity index (χ1n) is 4.86. The first-order chi connectivity index (χ1) is 8.05. The van der Waals surface area contributed by atoms with E-state index in [4.69, 9.17) is 4.52 Å². The summed E-state index contributed by atoms with van der Waals surface area (Å²) in [5.41, 5.74) is -0.0721. The standard InChI is InChI=1S/C11H9F3N2O/c12-11(13,14)8-1-3-9(4-2-8)15-7-10-5-6-16-17-10/h1-6,15H,7H2. The lowest BCUT2D eigenvalue weighted by Gasteiger charge is -2.08. The maximum Gasteiger partial charge on any atom is 0.416 e. The average molecular weight is 242 g/mol. The van der Waals surface area contributed by atoms with Gasteiger partial charge in [0.15, 0.2) is 5.76 Å². The molecule has 2 rings (SSSR count). The van der Waals surface area contributed by atoms with Gasteiger partial charge in [0.1, 0.15) is 0 Å². The van der Waals surface area contributed by atoms with Crippen molar-refractivity contribution in [3.05, 3.63) is 47.9 Å². The van der Waals surface area contributed by atoms with Gasteiger partial charge in [-0.1, -0.05) is 5.16 Å². The third-order valence-electron chi connectivity index (χ3n) is 2.17. The lowest BCUT2D eigenvalue weighted by molar-refractivity contribution is -0.137. The minimum absolute atomic E-state index is 0.380. The number of benzene rings is 1. The third kappa shape index (κ3) is 2.99. The second-order valence-electron chi connectivity index (χ2n) is 3.41. The van der Waals surface area contributed by atoms with Crippen LogP contribution in [0.25, 0.3) is 0 Å². The highest BCUT2D eigenvalue weighted by molar-refractivity contribution is 5.45. The van der Waals surface area contributed by atoms with Gasteiger partial charge in [0.05, 0.1) is 18.3 Å². The SMILES string of the molecule is FC(F)(F)c1ccc(NCc2ccno2)cc1. The van der Waals surface area contributed by atoms with Gasteiger partial charge in [-0.3, -0.25) is 0 Å². The molecule has 2 aromatic rings. The van der Waals surface area contributed by atoms with Crippen LogP contribution in [0.2, 0.25) is 0 Å². The number of anilines is 1. The van der Waals surface area contributed by atoms with Gasteiger partial charge < -0.3 is 9.84 Å². The van der Waals surface area contributed by atoms with Crippen molar-refractivity contribution in [2.75, 3.05) is 5.32 Å². The lowest BCUT2D eigenvalue weighted by atomic mass is 10.2. The number of nitrogens with zero attached hydrogens (tertiary/aromatic N) is 1. The number of hydrogen-bond donors (Lipinski definition) is 1. The van der Waals surface area contributed by atoms with Gasteiger partial charge >= 0.3 is 6.18 Å². The van der Waals surface area contributed by atoms with Crippen LogP contribution in [-0.4, -0.2) is 5.16 Å². The molecule has 3 nitrogen and oxygen atoms in total. The van der Waals surface area contributed by atoms with E-state index in [1.54, 1.807) is 6.07 Å². The van der Waals surface area contributed by atoms with E-state index in [1.165, 1.54) is 18.3 Å². The molecular formula is C11H9F3N2O. The van der Waals surface area contributed by atoms with Crippen LogP contribution in [0.1, 0.15) is 11.3 Å².